The zero-order valence-corrected chi connectivity index (χ0v) is 20.7. The van der Waals surface area contributed by atoms with Gasteiger partial charge in [-0.1, -0.05) is 11.3 Å². The van der Waals surface area contributed by atoms with Crippen LogP contribution in [0.15, 0.2) is 24.4 Å². The van der Waals surface area contributed by atoms with Crippen molar-refractivity contribution >= 4 is 22.5 Å². The van der Waals surface area contributed by atoms with Crippen LogP contribution in [0.4, 0.5) is 23.5 Å². The largest absolute Gasteiger partial charge is 0.479 e. The molecule has 2 aliphatic heterocycles. The number of nitrogens with one attached hydrogen (secondary N) is 1. The van der Waals surface area contributed by atoms with E-state index in [1.807, 2.05) is 0 Å². The summed E-state index contributed by atoms with van der Waals surface area (Å²) in [5.41, 5.74) is 1.50. The first-order valence-corrected chi connectivity index (χ1v) is 12.3. The van der Waals surface area contributed by atoms with Gasteiger partial charge in [-0.25, -0.2) is 26.8 Å². The quantitative estimate of drug-likeness (QED) is 0.361. The van der Waals surface area contributed by atoms with Crippen LogP contribution >= 0.6 is 0 Å². The molecule has 1 aromatic carbocycles. The fourth-order valence-corrected chi connectivity index (χ4v) is 5.02. The van der Waals surface area contributed by atoms with E-state index in [1.165, 1.54) is 24.7 Å². The van der Waals surface area contributed by atoms with Gasteiger partial charge in [0.05, 0.1) is 49.7 Å². The molecular formula is C24H26F4N8O2. The molecule has 2 saturated heterocycles. The van der Waals surface area contributed by atoms with Crippen LogP contribution in [0.25, 0.3) is 27.7 Å². The highest BCUT2D eigenvalue weighted by atomic mass is 19.3. The van der Waals surface area contributed by atoms with Crippen molar-refractivity contribution in [2.24, 2.45) is 0 Å². The molecular weight excluding hydrogens is 508 g/mol. The van der Waals surface area contributed by atoms with Gasteiger partial charge < -0.3 is 14.8 Å². The number of hydrogen-bond acceptors (Lipinski definition) is 8. The van der Waals surface area contributed by atoms with E-state index in [0.29, 0.717) is 42.8 Å². The first-order valence-electron chi connectivity index (χ1n) is 12.3. The van der Waals surface area contributed by atoms with Crippen molar-refractivity contribution in [3.63, 3.8) is 0 Å². The van der Waals surface area contributed by atoms with Crippen molar-refractivity contribution < 1.29 is 27.0 Å². The minimum absolute atomic E-state index is 0.0774. The van der Waals surface area contributed by atoms with Gasteiger partial charge in [-0.2, -0.15) is 4.98 Å². The number of likely N-dealkylation sites (tertiary alicyclic amines) is 1. The predicted octanol–water partition coefficient (Wildman–Crippen LogP) is 3.34. The summed E-state index contributed by atoms with van der Waals surface area (Å²) < 4.78 is 70.1. The minimum atomic E-state index is -2.65. The number of rotatable bonds is 7. The summed E-state index contributed by atoms with van der Waals surface area (Å²) in [5, 5.41) is 15.2. The molecule has 0 amide bonds. The zero-order chi connectivity index (χ0) is 26.6. The zero-order valence-electron chi connectivity index (χ0n) is 20.7. The van der Waals surface area contributed by atoms with Crippen LogP contribution in [0.3, 0.4) is 0 Å². The summed E-state index contributed by atoms with van der Waals surface area (Å²) in [6.07, 6.45) is -2.08. The summed E-state index contributed by atoms with van der Waals surface area (Å²) in [6, 6.07) is 3.28. The molecule has 14 heteroatoms. The van der Waals surface area contributed by atoms with Crippen LogP contribution in [0.5, 0.6) is 5.88 Å². The highest BCUT2D eigenvalue weighted by molar-refractivity contribution is 5.89. The summed E-state index contributed by atoms with van der Waals surface area (Å²) in [4.78, 5) is 6.48. The molecule has 6 rings (SSSR count). The van der Waals surface area contributed by atoms with Gasteiger partial charge >= 0.3 is 0 Å². The molecule has 4 aromatic rings. The number of benzene rings is 1. The van der Waals surface area contributed by atoms with Gasteiger partial charge in [0.1, 0.15) is 23.2 Å². The van der Waals surface area contributed by atoms with E-state index >= 15 is 4.39 Å². The highest BCUT2D eigenvalue weighted by Crippen LogP contribution is 2.36. The van der Waals surface area contributed by atoms with E-state index in [1.54, 1.807) is 18.2 Å². The van der Waals surface area contributed by atoms with Crippen molar-refractivity contribution in [1.82, 2.24) is 34.5 Å². The van der Waals surface area contributed by atoms with Crippen molar-refractivity contribution in [1.29, 1.82) is 0 Å². The Morgan fingerprint density at radius 2 is 2.05 bits per heavy atom. The molecule has 3 aromatic heterocycles. The fourth-order valence-electron chi connectivity index (χ4n) is 5.02. The topological polar surface area (TPSA) is 94.6 Å². The first kappa shape index (κ1) is 24.8. The Morgan fingerprint density at radius 1 is 1.24 bits per heavy atom. The number of alkyl halides is 3. The molecule has 0 bridgehead atoms. The predicted molar refractivity (Wildman–Crippen MR) is 130 cm³/mol. The normalized spacial score (nSPS) is 21.8. The van der Waals surface area contributed by atoms with Crippen LogP contribution in [0.2, 0.25) is 0 Å². The van der Waals surface area contributed by atoms with E-state index in [4.69, 9.17) is 9.47 Å². The highest BCUT2D eigenvalue weighted by Gasteiger charge is 2.36. The number of ether oxygens (including phenoxy) is 2. The van der Waals surface area contributed by atoms with E-state index in [9.17, 15) is 13.2 Å². The average molecular weight is 535 g/mol. The lowest BCUT2D eigenvalue weighted by Crippen LogP contribution is -2.57. The molecule has 0 spiro atoms. The Hall–Kier alpha value is -3.52. The third-order valence-electron chi connectivity index (χ3n) is 7.28. The molecule has 202 valence electrons. The van der Waals surface area contributed by atoms with Crippen molar-refractivity contribution in [2.45, 2.75) is 44.1 Å². The maximum Gasteiger partial charge on any atom is 0.260 e. The second kappa shape index (κ2) is 9.66. The number of anilines is 1. The van der Waals surface area contributed by atoms with Crippen LogP contribution in [0.1, 0.15) is 19.4 Å². The number of nitrogens with zero attached hydrogens (tertiary/aromatic N) is 7. The number of hydrogen-bond donors (Lipinski definition) is 1. The molecule has 2 aliphatic rings. The van der Waals surface area contributed by atoms with E-state index in [2.05, 4.69) is 30.6 Å². The maximum atomic E-state index is 15.3. The Morgan fingerprint density at radius 3 is 2.74 bits per heavy atom. The Kier molecular flexibility index (Phi) is 6.30. The second-order valence-electron chi connectivity index (χ2n) is 9.64. The lowest BCUT2D eigenvalue weighted by Gasteiger charge is -2.42. The van der Waals surface area contributed by atoms with Crippen LogP contribution in [-0.4, -0.2) is 92.6 Å². The number of fused-ring (bicyclic) bond motifs is 2. The Bertz CT molecular complexity index is 1470. The van der Waals surface area contributed by atoms with E-state index < -0.39 is 30.5 Å². The van der Waals surface area contributed by atoms with E-state index in [0.717, 1.165) is 4.68 Å². The van der Waals surface area contributed by atoms with Crippen LogP contribution in [0, 0.1) is 5.82 Å². The molecule has 2 fully saturated rings. The van der Waals surface area contributed by atoms with Gasteiger partial charge in [-0.15, -0.1) is 10.2 Å². The molecule has 0 unspecified atom stereocenters. The van der Waals surface area contributed by atoms with Gasteiger partial charge in [0, 0.05) is 13.1 Å². The summed E-state index contributed by atoms with van der Waals surface area (Å²) >= 11 is 0. The molecule has 0 aliphatic carbocycles. The number of halogens is 4. The smallest absolute Gasteiger partial charge is 0.260 e. The third-order valence-corrected chi connectivity index (χ3v) is 7.28. The SMILES string of the molecule is COc1nc(N[C@@H]2CCN(C3COC3)C[C@@H]2F)nn2cc(F)c(-c3ccc4nnn([C@@H](C)C(F)F)c4c3)c12. The lowest BCUT2D eigenvalue weighted by molar-refractivity contribution is -0.0794. The molecule has 3 atom stereocenters. The lowest BCUT2D eigenvalue weighted by atomic mass is 10.0. The minimum Gasteiger partial charge on any atom is -0.479 e. The van der Waals surface area contributed by atoms with Gasteiger partial charge in [0.2, 0.25) is 11.8 Å². The molecule has 38 heavy (non-hydrogen) atoms. The van der Waals surface area contributed by atoms with Crippen molar-refractivity contribution in [3.8, 4) is 17.0 Å². The van der Waals surface area contributed by atoms with Gasteiger partial charge in [0.25, 0.3) is 6.43 Å². The second-order valence-corrected chi connectivity index (χ2v) is 9.64. The van der Waals surface area contributed by atoms with Crippen molar-refractivity contribution in [2.75, 3.05) is 38.7 Å². The monoisotopic (exact) mass is 534 g/mol. The van der Waals surface area contributed by atoms with Crippen LogP contribution in [-0.2, 0) is 4.74 Å². The Balaban J connectivity index is 1.33. The number of aromatic nitrogens is 6. The van der Waals surface area contributed by atoms with Gasteiger partial charge in [-0.3, -0.25) is 4.90 Å². The van der Waals surface area contributed by atoms with E-state index in [-0.39, 0.29) is 35.5 Å². The third kappa shape index (κ3) is 4.21. The molecule has 0 radical (unpaired) electrons. The van der Waals surface area contributed by atoms with Crippen molar-refractivity contribution in [3.05, 3.63) is 30.2 Å². The van der Waals surface area contributed by atoms with Gasteiger partial charge in [-0.05, 0) is 31.0 Å². The standard InChI is InChI=1S/C24H26F4N8O2/c1-12(22(27)28)36-19-7-13(3-4-18(19)31-33-36)20-16(26)9-35-21(20)23(37-2)30-24(32-35)29-17-5-6-34(8-15(17)25)14-10-38-11-14/h3-4,7,9,12,14-15,17,22H,5-6,8,10-11H2,1-2H3,(H,29,32)/t12-,15-,17+/m0/s1. The molecule has 5 heterocycles. The number of methoxy groups -OCH3 is 1. The summed E-state index contributed by atoms with van der Waals surface area (Å²) in [5.74, 6) is -0.435. The summed E-state index contributed by atoms with van der Waals surface area (Å²) in [7, 11) is 1.39. The summed E-state index contributed by atoms with van der Waals surface area (Å²) in [6.45, 7) is 3.58. The molecule has 1 N–H and O–H groups in total. The Labute approximate surface area is 214 Å². The van der Waals surface area contributed by atoms with Crippen LogP contribution < -0.4 is 10.1 Å². The number of piperidine rings is 1. The maximum absolute atomic E-state index is 15.3. The fraction of sp³-hybridized carbons (Fsp3) is 0.500. The first-order chi connectivity index (χ1) is 18.3. The molecule has 10 nitrogen and oxygen atoms in total. The molecule has 0 saturated carbocycles. The average Bonchev–Trinajstić information content (AvgIpc) is 3.43. The van der Waals surface area contributed by atoms with Gasteiger partial charge in [0.15, 0.2) is 5.82 Å².